The summed E-state index contributed by atoms with van der Waals surface area (Å²) in [6.45, 7) is 0. The quantitative estimate of drug-likeness (QED) is 0.793. The Morgan fingerprint density at radius 2 is 2.25 bits per heavy atom. The van der Waals surface area contributed by atoms with Gasteiger partial charge in [-0.3, -0.25) is 0 Å². The third kappa shape index (κ3) is 4.50. The molecule has 0 amide bonds. The van der Waals surface area contributed by atoms with Gasteiger partial charge in [-0.05, 0) is 18.4 Å². The first-order valence-corrected chi connectivity index (χ1v) is 8.12. The monoisotopic (exact) mass is 265 g/mol. The van der Waals surface area contributed by atoms with Gasteiger partial charge in [0, 0.05) is 6.26 Å². The van der Waals surface area contributed by atoms with Crippen LogP contribution in [0.2, 0.25) is 0 Å². The minimum Gasteiger partial charge on any atom is -0.338 e. The lowest BCUT2D eigenvalue weighted by molar-refractivity contribution is 0.349. The first-order valence-electron chi connectivity index (χ1n) is 4.67. The lowest BCUT2D eigenvalue weighted by atomic mass is 10.2. The van der Waals surface area contributed by atoms with E-state index in [-0.39, 0.29) is 17.6 Å². The summed E-state index contributed by atoms with van der Waals surface area (Å²) in [5.41, 5.74) is 5.80. The molecule has 2 N–H and O–H groups in total. The summed E-state index contributed by atoms with van der Waals surface area (Å²) >= 11 is 1.68. The number of nitrogens with zero attached hydrogens (tertiary/aromatic N) is 2. The van der Waals surface area contributed by atoms with Gasteiger partial charge in [-0.25, -0.2) is 8.42 Å². The fourth-order valence-electron chi connectivity index (χ4n) is 1.08. The molecule has 8 heteroatoms. The summed E-state index contributed by atoms with van der Waals surface area (Å²) in [5.74, 6) is 1.14. The molecule has 16 heavy (non-hydrogen) atoms. The maximum absolute atomic E-state index is 11.0. The molecule has 0 bridgehead atoms. The van der Waals surface area contributed by atoms with Crippen LogP contribution in [0.3, 0.4) is 0 Å². The maximum atomic E-state index is 11.0. The van der Waals surface area contributed by atoms with Crippen molar-refractivity contribution in [3.05, 3.63) is 11.7 Å². The van der Waals surface area contributed by atoms with Gasteiger partial charge in [-0.15, -0.1) is 0 Å². The summed E-state index contributed by atoms with van der Waals surface area (Å²) < 4.78 is 26.9. The van der Waals surface area contributed by atoms with E-state index in [1.807, 2.05) is 6.26 Å². The van der Waals surface area contributed by atoms with E-state index in [1.54, 1.807) is 11.8 Å². The van der Waals surface area contributed by atoms with Crippen molar-refractivity contribution in [1.29, 1.82) is 0 Å². The Morgan fingerprint density at radius 3 is 2.81 bits per heavy atom. The fraction of sp³-hybridized carbons (Fsp3) is 0.750. The number of thioether (sulfide) groups is 1. The number of nitrogens with two attached hydrogens (primary N) is 1. The van der Waals surface area contributed by atoms with E-state index in [9.17, 15) is 8.42 Å². The van der Waals surface area contributed by atoms with Crippen LogP contribution in [0.5, 0.6) is 0 Å². The molecular weight excluding hydrogens is 250 g/mol. The lowest BCUT2D eigenvalue weighted by Crippen LogP contribution is -2.12. The highest BCUT2D eigenvalue weighted by molar-refractivity contribution is 7.98. The van der Waals surface area contributed by atoms with E-state index in [1.165, 1.54) is 0 Å². The van der Waals surface area contributed by atoms with Crippen molar-refractivity contribution in [3.8, 4) is 0 Å². The zero-order valence-electron chi connectivity index (χ0n) is 9.21. The third-order valence-corrected chi connectivity index (χ3v) is 3.25. The maximum Gasteiger partial charge on any atom is 0.243 e. The van der Waals surface area contributed by atoms with E-state index < -0.39 is 9.84 Å². The first kappa shape index (κ1) is 13.5. The second kappa shape index (κ2) is 5.65. The molecule has 0 saturated heterocycles. The number of rotatable bonds is 6. The molecule has 92 valence electrons. The average Bonchev–Trinajstić information content (AvgIpc) is 2.59. The smallest absolute Gasteiger partial charge is 0.243 e. The van der Waals surface area contributed by atoms with Crippen molar-refractivity contribution < 1.29 is 12.9 Å². The number of hydrogen-bond acceptors (Lipinski definition) is 7. The summed E-state index contributed by atoms with van der Waals surface area (Å²) in [6.07, 6.45) is 3.83. The van der Waals surface area contributed by atoms with Crippen LogP contribution >= 0.6 is 11.8 Å². The second-order valence-electron chi connectivity index (χ2n) is 3.51. The van der Waals surface area contributed by atoms with Crippen LogP contribution in [-0.4, -0.2) is 36.8 Å². The first-order chi connectivity index (χ1) is 7.42. The molecule has 0 aromatic carbocycles. The zero-order valence-corrected chi connectivity index (χ0v) is 10.8. The summed E-state index contributed by atoms with van der Waals surface area (Å²) in [6, 6.07) is -0.326. The van der Waals surface area contributed by atoms with Crippen LogP contribution in [0, 0.1) is 0 Å². The predicted octanol–water partition coefficient (Wildman–Crippen LogP) is 0.367. The molecule has 1 atom stereocenters. The third-order valence-electron chi connectivity index (χ3n) is 1.83. The van der Waals surface area contributed by atoms with Crippen molar-refractivity contribution in [2.24, 2.45) is 5.73 Å². The van der Waals surface area contributed by atoms with E-state index in [0.29, 0.717) is 5.89 Å². The molecule has 0 saturated carbocycles. The standard InChI is InChI=1S/C8H15N3O3S2/c1-15-4-3-6(9)8-10-7(11-14-8)5-16(2,12)13/h6H,3-5,9H2,1-2H3/t6-/m1/s1. The van der Waals surface area contributed by atoms with E-state index >= 15 is 0 Å². The highest BCUT2D eigenvalue weighted by Gasteiger charge is 2.16. The van der Waals surface area contributed by atoms with Crippen LogP contribution in [-0.2, 0) is 15.6 Å². The highest BCUT2D eigenvalue weighted by atomic mass is 32.2. The van der Waals surface area contributed by atoms with Crippen LogP contribution in [0.15, 0.2) is 4.52 Å². The van der Waals surface area contributed by atoms with Gasteiger partial charge in [-0.2, -0.15) is 16.7 Å². The molecule has 0 aliphatic carbocycles. The Hall–Kier alpha value is -0.600. The van der Waals surface area contributed by atoms with E-state index in [4.69, 9.17) is 10.3 Å². The Bertz CT molecular complexity index is 429. The summed E-state index contributed by atoms with van der Waals surface area (Å²) in [5, 5.41) is 3.58. The van der Waals surface area contributed by atoms with Crippen LogP contribution in [0.4, 0.5) is 0 Å². The molecule has 0 unspecified atom stereocenters. The van der Waals surface area contributed by atoms with Crippen molar-refractivity contribution >= 4 is 21.6 Å². The van der Waals surface area contributed by atoms with Crippen molar-refractivity contribution in [1.82, 2.24) is 10.1 Å². The molecule has 1 aromatic heterocycles. The van der Waals surface area contributed by atoms with Crippen LogP contribution < -0.4 is 5.73 Å². The molecule has 0 radical (unpaired) electrons. The molecule has 0 spiro atoms. The van der Waals surface area contributed by atoms with E-state index in [2.05, 4.69) is 10.1 Å². The summed E-state index contributed by atoms with van der Waals surface area (Å²) in [7, 11) is -3.14. The van der Waals surface area contributed by atoms with Gasteiger partial charge in [0.15, 0.2) is 15.7 Å². The molecule has 1 heterocycles. The van der Waals surface area contributed by atoms with Gasteiger partial charge in [0.2, 0.25) is 5.89 Å². The Balaban J connectivity index is 2.64. The van der Waals surface area contributed by atoms with Gasteiger partial charge in [0.05, 0.1) is 6.04 Å². The minimum atomic E-state index is -3.14. The minimum absolute atomic E-state index is 0.164. The largest absolute Gasteiger partial charge is 0.338 e. The topological polar surface area (TPSA) is 99.1 Å². The zero-order chi connectivity index (χ0) is 12.2. The SMILES string of the molecule is CSCC[C@@H](N)c1nc(CS(C)(=O)=O)no1. The lowest BCUT2D eigenvalue weighted by Gasteiger charge is -2.03. The molecule has 0 aliphatic rings. The highest BCUT2D eigenvalue weighted by Crippen LogP contribution is 2.14. The normalized spacial score (nSPS) is 13.9. The van der Waals surface area contributed by atoms with Crippen molar-refractivity contribution in [3.63, 3.8) is 0 Å². The molecule has 1 rings (SSSR count). The van der Waals surface area contributed by atoms with Crippen LogP contribution in [0.25, 0.3) is 0 Å². The van der Waals surface area contributed by atoms with Crippen molar-refractivity contribution in [2.75, 3.05) is 18.3 Å². The molecular formula is C8H15N3O3S2. The number of aromatic nitrogens is 2. The molecule has 1 aromatic rings. The summed E-state index contributed by atoms with van der Waals surface area (Å²) in [4.78, 5) is 3.96. The van der Waals surface area contributed by atoms with Gasteiger partial charge in [0.25, 0.3) is 0 Å². The van der Waals surface area contributed by atoms with E-state index in [0.717, 1.165) is 18.4 Å². The second-order valence-corrected chi connectivity index (χ2v) is 6.63. The van der Waals surface area contributed by atoms with Gasteiger partial charge in [0.1, 0.15) is 5.75 Å². The molecule has 0 aliphatic heterocycles. The van der Waals surface area contributed by atoms with Gasteiger partial charge < -0.3 is 10.3 Å². The van der Waals surface area contributed by atoms with Gasteiger partial charge in [-0.1, -0.05) is 5.16 Å². The Kier molecular flexibility index (Phi) is 4.75. The predicted molar refractivity (Wildman–Crippen MR) is 62.8 cm³/mol. The fourth-order valence-corrected chi connectivity index (χ4v) is 2.16. The number of sulfone groups is 1. The Labute approximate surface area is 98.9 Å². The van der Waals surface area contributed by atoms with Crippen molar-refractivity contribution in [2.45, 2.75) is 18.2 Å². The Morgan fingerprint density at radius 1 is 1.56 bits per heavy atom. The molecule has 0 fully saturated rings. The van der Waals surface area contributed by atoms with Gasteiger partial charge >= 0.3 is 0 Å². The molecule has 6 nitrogen and oxygen atoms in total. The number of hydrogen-bond donors (Lipinski definition) is 1. The average molecular weight is 265 g/mol. The van der Waals surface area contributed by atoms with Crippen LogP contribution in [0.1, 0.15) is 24.2 Å².